The maximum absolute atomic E-state index is 12.3. The molecular formula is C15H11NOS. The van der Waals surface area contributed by atoms with Gasteiger partial charge in [0.25, 0.3) is 0 Å². The SMILES string of the molecule is Nc1ccc2sc(C(=O)c3ccccc3)cc2c1. The summed E-state index contributed by atoms with van der Waals surface area (Å²) in [5.74, 6) is 0.0652. The van der Waals surface area contributed by atoms with Crippen molar-refractivity contribution in [2.75, 3.05) is 5.73 Å². The number of nitrogen functional groups attached to an aromatic ring is 1. The highest BCUT2D eigenvalue weighted by molar-refractivity contribution is 7.21. The Hall–Kier alpha value is -2.13. The van der Waals surface area contributed by atoms with E-state index in [4.69, 9.17) is 5.73 Å². The van der Waals surface area contributed by atoms with Crippen molar-refractivity contribution in [1.29, 1.82) is 0 Å². The lowest BCUT2D eigenvalue weighted by Gasteiger charge is -1.95. The lowest BCUT2D eigenvalue weighted by molar-refractivity contribution is 0.104. The quantitative estimate of drug-likeness (QED) is 0.559. The normalized spacial score (nSPS) is 10.7. The van der Waals surface area contributed by atoms with E-state index in [1.165, 1.54) is 11.3 Å². The second-order valence-electron chi connectivity index (χ2n) is 4.10. The van der Waals surface area contributed by atoms with E-state index in [9.17, 15) is 4.79 Å². The van der Waals surface area contributed by atoms with Crippen LogP contribution in [0.1, 0.15) is 15.2 Å². The van der Waals surface area contributed by atoms with E-state index in [1.807, 2.05) is 54.6 Å². The van der Waals surface area contributed by atoms with Crippen molar-refractivity contribution in [3.05, 3.63) is 65.0 Å². The van der Waals surface area contributed by atoms with Crippen LogP contribution < -0.4 is 5.73 Å². The molecule has 0 amide bonds. The van der Waals surface area contributed by atoms with E-state index in [1.54, 1.807) is 0 Å². The van der Waals surface area contributed by atoms with Crippen LogP contribution in [0, 0.1) is 0 Å². The minimum atomic E-state index is 0.0652. The fourth-order valence-corrected chi connectivity index (χ4v) is 2.91. The molecule has 1 aromatic heterocycles. The first-order chi connectivity index (χ1) is 8.74. The highest BCUT2D eigenvalue weighted by Crippen LogP contribution is 2.28. The van der Waals surface area contributed by atoms with Crippen molar-refractivity contribution >= 4 is 32.9 Å². The Morgan fingerprint density at radius 2 is 1.78 bits per heavy atom. The molecule has 88 valence electrons. The van der Waals surface area contributed by atoms with Crippen LogP contribution in [-0.2, 0) is 0 Å². The fraction of sp³-hybridized carbons (Fsp3) is 0. The highest BCUT2D eigenvalue weighted by Gasteiger charge is 2.12. The van der Waals surface area contributed by atoms with Crippen LogP contribution >= 0.6 is 11.3 Å². The van der Waals surface area contributed by atoms with Gasteiger partial charge in [-0.15, -0.1) is 11.3 Å². The van der Waals surface area contributed by atoms with Gasteiger partial charge in [0.15, 0.2) is 0 Å². The number of nitrogens with two attached hydrogens (primary N) is 1. The Labute approximate surface area is 109 Å². The molecule has 2 nitrogen and oxygen atoms in total. The zero-order valence-corrected chi connectivity index (χ0v) is 10.4. The molecule has 0 aliphatic rings. The number of anilines is 1. The van der Waals surface area contributed by atoms with Gasteiger partial charge in [-0.2, -0.15) is 0 Å². The van der Waals surface area contributed by atoms with E-state index in [-0.39, 0.29) is 5.78 Å². The summed E-state index contributed by atoms with van der Waals surface area (Å²) in [7, 11) is 0. The molecular weight excluding hydrogens is 242 g/mol. The largest absolute Gasteiger partial charge is 0.399 e. The number of ketones is 1. The molecule has 0 atom stereocenters. The number of fused-ring (bicyclic) bond motifs is 1. The first-order valence-corrected chi connectivity index (χ1v) is 6.44. The van der Waals surface area contributed by atoms with Gasteiger partial charge in [-0.1, -0.05) is 30.3 Å². The van der Waals surface area contributed by atoms with Gasteiger partial charge < -0.3 is 5.73 Å². The van der Waals surface area contributed by atoms with Gasteiger partial charge in [0, 0.05) is 16.0 Å². The summed E-state index contributed by atoms with van der Waals surface area (Å²) in [5.41, 5.74) is 7.18. The van der Waals surface area contributed by atoms with E-state index in [0.29, 0.717) is 0 Å². The number of benzene rings is 2. The maximum Gasteiger partial charge on any atom is 0.202 e. The number of carbonyl (C=O) groups is 1. The lowest BCUT2D eigenvalue weighted by Crippen LogP contribution is -1.97. The third-order valence-electron chi connectivity index (χ3n) is 2.80. The summed E-state index contributed by atoms with van der Waals surface area (Å²) < 4.78 is 1.09. The molecule has 3 rings (SSSR count). The predicted molar refractivity (Wildman–Crippen MR) is 76.1 cm³/mol. The standard InChI is InChI=1S/C15H11NOS/c16-12-6-7-13-11(8-12)9-14(18-13)15(17)10-4-2-1-3-5-10/h1-9H,16H2. The number of thiophene rings is 1. The number of carbonyl (C=O) groups excluding carboxylic acids is 1. The van der Waals surface area contributed by atoms with Gasteiger partial charge in [-0.05, 0) is 29.7 Å². The van der Waals surface area contributed by atoms with E-state index < -0.39 is 0 Å². The van der Waals surface area contributed by atoms with Gasteiger partial charge >= 0.3 is 0 Å². The Balaban J connectivity index is 2.07. The van der Waals surface area contributed by atoms with Crippen molar-refractivity contribution in [2.45, 2.75) is 0 Å². The second kappa shape index (κ2) is 4.27. The molecule has 18 heavy (non-hydrogen) atoms. The molecule has 0 fully saturated rings. The third kappa shape index (κ3) is 1.89. The van der Waals surface area contributed by atoms with Crippen molar-refractivity contribution < 1.29 is 4.79 Å². The van der Waals surface area contributed by atoms with Gasteiger partial charge in [0.2, 0.25) is 5.78 Å². The number of hydrogen-bond donors (Lipinski definition) is 1. The molecule has 0 saturated carbocycles. The molecule has 0 radical (unpaired) electrons. The minimum absolute atomic E-state index is 0.0652. The Kier molecular flexibility index (Phi) is 2.61. The molecule has 0 spiro atoms. The fourth-order valence-electron chi connectivity index (χ4n) is 1.91. The molecule has 0 aliphatic carbocycles. The van der Waals surface area contributed by atoms with Crippen LogP contribution in [0.15, 0.2) is 54.6 Å². The molecule has 1 heterocycles. The Morgan fingerprint density at radius 3 is 2.56 bits per heavy atom. The zero-order chi connectivity index (χ0) is 12.5. The summed E-state index contributed by atoms with van der Waals surface area (Å²) >= 11 is 1.50. The molecule has 0 saturated heterocycles. The van der Waals surface area contributed by atoms with Crippen molar-refractivity contribution in [2.24, 2.45) is 0 Å². The van der Waals surface area contributed by atoms with E-state index >= 15 is 0 Å². The van der Waals surface area contributed by atoms with Crippen LogP contribution in [-0.4, -0.2) is 5.78 Å². The summed E-state index contributed by atoms with van der Waals surface area (Å²) in [6, 6.07) is 16.9. The second-order valence-corrected chi connectivity index (χ2v) is 5.19. The zero-order valence-electron chi connectivity index (χ0n) is 9.59. The summed E-state index contributed by atoms with van der Waals surface area (Å²) in [5, 5.41) is 1.03. The van der Waals surface area contributed by atoms with Crippen LogP contribution in [0.25, 0.3) is 10.1 Å². The molecule has 2 N–H and O–H groups in total. The van der Waals surface area contributed by atoms with Crippen molar-refractivity contribution in [3.63, 3.8) is 0 Å². The van der Waals surface area contributed by atoms with Gasteiger partial charge in [0.1, 0.15) is 0 Å². The van der Waals surface area contributed by atoms with Gasteiger partial charge in [0.05, 0.1) is 4.88 Å². The molecule has 0 aliphatic heterocycles. The van der Waals surface area contributed by atoms with Crippen LogP contribution in [0.3, 0.4) is 0 Å². The van der Waals surface area contributed by atoms with Gasteiger partial charge in [-0.25, -0.2) is 0 Å². The molecule has 2 aromatic carbocycles. The van der Waals surface area contributed by atoms with Crippen LogP contribution in [0.5, 0.6) is 0 Å². The van der Waals surface area contributed by atoms with Gasteiger partial charge in [-0.3, -0.25) is 4.79 Å². The monoisotopic (exact) mass is 253 g/mol. The van der Waals surface area contributed by atoms with Crippen molar-refractivity contribution in [3.8, 4) is 0 Å². The summed E-state index contributed by atoms with van der Waals surface area (Å²) in [4.78, 5) is 13.0. The average Bonchev–Trinajstić information content (AvgIpc) is 2.81. The van der Waals surface area contributed by atoms with Crippen molar-refractivity contribution in [1.82, 2.24) is 0 Å². The highest BCUT2D eigenvalue weighted by atomic mass is 32.1. The molecule has 0 unspecified atom stereocenters. The molecule has 3 aromatic rings. The first-order valence-electron chi connectivity index (χ1n) is 5.63. The number of rotatable bonds is 2. The van der Waals surface area contributed by atoms with Crippen LogP contribution in [0.2, 0.25) is 0 Å². The predicted octanol–water partition coefficient (Wildman–Crippen LogP) is 3.71. The first kappa shape index (κ1) is 11.0. The summed E-state index contributed by atoms with van der Waals surface area (Å²) in [6.07, 6.45) is 0. The minimum Gasteiger partial charge on any atom is -0.399 e. The third-order valence-corrected chi connectivity index (χ3v) is 3.91. The average molecular weight is 253 g/mol. The molecule has 0 bridgehead atoms. The van der Waals surface area contributed by atoms with Crippen LogP contribution in [0.4, 0.5) is 5.69 Å². The smallest absolute Gasteiger partial charge is 0.202 e. The summed E-state index contributed by atoms with van der Waals surface area (Å²) in [6.45, 7) is 0. The molecule has 3 heteroatoms. The lowest BCUT2D eigenvalue weighted by atomic mass is 10.1. The Morgan fingerprint density at radius 1 is 1.00 bits per heavy atom. The number of hydrogen-bond acceptors (Lipinski definition) is 3. The Bertz CT molecular complexity index is 716. The van der Waals surface area contributed by atoms with E-state index in [0.717, 1.165) is 26.2 Å². The maximum atomic E-state index is 12.3. The topological polar surface area (TPSA) is 43.1 Å². The van der Waals surface area contributed by atoms with E-state index in [2.05, 4.69) is 0 Å².